The van der Waals surface area contributed by atoms with E-state index in [1.165, 1.54) is 23.1 Å². The molecule has 0 atom stereocenters. The minimum absolute atomic E-state index is 0.194. The second-order valence-corrected chi connectivity index (χ2v) is 9.80. The predicted octanol–water partition coefficient (Wildman–Crippen LogP) is 4.74. The lowest BCUT2D eigenvalue weighted by Crippen LogP contribution is -2.19. The molecule has 0 spiro atoms. The van der Waals surface area contributed by atoms with Crippen LogP contribution in [-0.4, -0.2) is 42.3 Å². The van der Waals surface area contributed by atoms with Gasteiger partial charge in [0.1, 0.15) is 0 Å². The Kier molecular flexibility index (Phi) is 9.01. The standard InChI is InChI=1S/C20H19ClN4O3S3/c1-27-16-8-5-14(9-17(16)28-2)10-22-23-18(26)12-30-20-25-24-19(31-20)29-11-13-3-6-15(21)7-4-13/h3-10H,11-12H2,1-2H3,(H,23,26). The summed E-state index contributed by atoms with van der Waals surface area (Å²) in [5.74, 6) is 1.96. The Labute approximate surface area is 197 Å². The highest BCUT2D eigenvalue weighted by Crippen LogP contribution is 2.31. The molecule has 1 heterocycles. The van der Waals surface area contributed by atoms with Crippen LogP contribution in [0.4, 0.5) is 0 Å². The predicted molar refractivity (Wildman–Crippen MR) is 127 cm³/mol. The van der Waals surface area contributed by atoms with Gasteiger partial charge in [-0.3, -0.25) is 4.79 Å². The molecule has 11 heteroatoms. The number of thioether (sulfide) groups is 2. The number of carbonyl (C=O) groups excluding carboxylic acids is 1. The third-order valence-electron chi connectivity index (χ3n) is 3.80. The molecule has 0 radical (unpaired) electrons. The van der Waals surface area contributed by atoms with Crippen LogP contribution in [0.15, 0.2) is 56.2 Å². The quantitative estimate of drug-likeness (QED) is 0.247. The average molecular weight is 495 g/mol. The van der Waals surface area contributed by atoms with Crippen molar-refractivity contribution in [3.8, 4) is 11.5 Å². The highest BCUT2D eigenvalue weighted by atomic mass is 35.5. The van der Waals surface area contributed by atoms with E-state index in [2.05, 4.69) is 20.7 Å². The monoisotopic (exact) mass is 494 g/mol. The molecule has 0 saturated heterocycles. The van der Waals surface area contributed by atoms with Crippen molar-refractivity contribution in [2.75, 3.05) is 20.0 Å². The van der Waals surface area contributed by atoms with Crippen LogP contribution in [0, 0.1) is 0 Å². The van der Waals surface area contributed by atoms with E-state index in [-0.39, 0.29) is 11.7 Å². The number of ether oxygens (including phenoxy) is 2. The second-order valence-electron chi connectivity index (χ2n) is 5.95. The first-order valence-electron chi connectivity index (χ1n) is 8.95. The molecule has 1 N–H and O–H groups in total. The zero-order valence-corrected chi connectivity index (χ0v) is 19.9. The molecule has 1 aromatic heterocycles. The summed E-state index contributed by atoms with van der Waals surface area (Å²) in [6, 6.07) is 13.1. The molecule has 162 valence electrons. The number of nitrogens with one attached hydrogen (secondary N) is 1. The van der Waals surface area contributed by atoms with E-state index < -0.39 is 0 Å². The molecular formula is C20H19ClN4O3S3. The maximum Gasteiger partial charge on any atom is 0.250 e. The molecule has 0 aliphatic heterocycles. The molecule has 0 aliphatic carbocycles. The van der Waals surface area contributed by atoms with Crippen molar-refractivity contribution in [2.24, 2.45) is 5.10 Å². The number of hydrogen-bond donors (Lipinski definition) is 1. The molecule has 0 bridgehead atoms. The Morgan fingerprint density at radius 2 is 1.81 bits per heavy atom. The van der Waals surface area contributed by atoms with E-state index in [0.717, 1.165) is 30.6 Å². The first-order valence-corrected chi connectivity index (χ1v) is 12.1. The molecule has 0 aliphatic rings. The highest BCUT2D eigenvalue weighted by molar-refractivity contribution is 8.03. The molecule has 0 saturated carbocycles. The van der Waals surface area contributed by atoms with Crippen molar-refractivity contribution in [1.29, 1.82) is 0 Å². The lowest BCUT2D eigenvalue weighted by atomic mass is 10.2. The number of halogens is 1. The number of hydrazone groups is 1. The fourth-order valence-electron chi connectivity index (χ4n) is 2.31. The highest BCUT2D eigenvalue weighted by Gasteiger charge is 2.09. The van der Waals surface area contributed by atoms with E-state index >= 15 is 0 Å². The van der Waals surface area contributed by atoms with E-state index in [9.17, 15) is 4.79 Å². The molecular weight excluding hydrogens is 476 g/mol. The van der Waals surface area contributed by atoms with Gasteiger partial charge < -0.3 is 9.47 Å². The summed E-state index contributed by atoms with van der Waals surface area (Å²) in [7, 11) is 3.13. The zero-order valence-electron chi connectivity index (χ0n) is 16.7. The van der Waals surface area contributed by atoms with Crippen LogP contribution in [0.5, 0.6) is 11.5 Å². The number of rotatable bonds is 10. The van der Waals surface area contributed by atoms with Gasteiger partial charge in [-0.25, -0.2) is 5.43 Å². The number of benzene rings is 2. The number of amides is 1. The van der Waals surface area contributed by atoms with Crippen molar-refractivity contribution in [1.82, 2.24) is 15.6 Å². The van der Waals surface area contributed by atoms with Crippen molar-refractivity contribution in [2.45, 2.75) is 14.4 Å². The normalized spacial score (nSPS) is 10.9. The van der Waals surface area contributed by atoms with Gasteiger partial charge in [0.25, 0.3) is 5.91 Å². The molecule has 3 rings (SSSR count). The molecule has 0 fully saturated rings. The topological polar surface area (TPSA) is 85.7 Å². The van der Waals surface area contributed by atoms with Gasteiger partial charge in [-0.2, -0.15) is 5.10 Å². The minimum Gasteiger partial charge on any atom is -0.493 e. The summed E-state index contributed by atoms with van der Waals surface area (Å²) in [6.45, 7) is 0. The van der Waals surface area contributed by atoms with E-state index in [4.69, 9.17) is 21.1 Å². The van der Waals surface area contributed by atoms with Crippen LogP contribution in [0.1, 0.15) is 11.1 Å². The third-order valence-corrected chi connectivity index (χ3v) is 7.31. The fourth-order valence-corrected chi connectivity index (χ4v) is 5.21. The summed E-state index contributed by atoms with van der Waals surface area (Å²) in [5.41, 5.74) is 4.44. The number of nitrogens with zero attached hydrogens (tertiary/aromatic N) is 3. The van der Waals surface area contributed by atoms with Crippen LogP contribution >= 0.6 is 46.5 Å². The maximum absolute atomic E-state index is 12.0. The number of carbonyl (C=O) groups is 1. The first-order chi connectivity index (χ1) is 15.1. The Bertz CT molecular complexity index is 1040. The Morgan fingerprint density at radius 3 is 2.52 bits per heavy atom. The number of hydrogen-bond acceptors (Lipinski definition) is 9. The third kappa shape index (κ3) is 7.42. The Hall–Kier alpha value is -2.27. The first kappa shape index (κ1) is 23.4. The summed E-state index contributed by atoms with van der Waals surface area (Å²) >= 11 is 10.3. The lowest BCUT2D eigenvalue weighted by molar-refractivity contribution is -0.118. The molecule has 2 aromatic carbocycles. The largest absolute Gasteiger partial charge is 0.493 e. The summed E-state index contributed by atoms with van der Waals surface area (Å²) in [4.78, 5) is 12.0. The second kappa shape index (κ2) is 11.9. The van der Waals surface area contributed by atoms with Crippen molar-refractivity contribution < 1.29 is 14.3 Å². The van der Waals surface area contributed by atoms with Crippen LogP contribution in [-0.2, 0) is 10.5 Å². The summed E-state index contributed by atoms with van der Waals surface area (Å²) in [5, 5.41) is 13.0. The van der Waals surface area contributed by atoms with Crippen LogP contribution in [0.2, 0.25) is 5.02 Å². The molecule has 0 unspecified atom stereocenters. The van der Waals surface area contributed by atoms with Gasteiger partial charge in [-0.05, 0) is 41.5 Å². The van der Waals surface area contributed by atoms with Gasteiger partial charge in [-0.1, -0.05) is 58.6 Å². The SMILES string of the molecule is COc1ccc(C=NNC(=O)CSc2nnc(SCc3ccc(Cl)cc3)s2)cc1OC. The Morgan fingerprint density at radius 1 is 1.10 bits per heavy atom. The molecule has 3 aromatic rings. The van der Waals surface area contributed by atoms with Crippen LogP contribution < -0.4 is 14.9 Å². The summed E-state index contributed by atoms with van der Waals surface area (Å²) in [6.07, 6.45) is 1.54. The van der Waals surface area contributed by atoms with Crippen molar-refractivity contribution >= 4 is 58.6 Å². The van der Waals surface area contributed by atoms with Gasteiger partial charge in [0.05, 0.1) is 26.2 Å². The molecule has 7 nitrogen and oxygen atoms in total. The van der Waals surface area contributed by atoms with Gasteiger partial charge >= 0.3 is 0 Å². The van der Waals surface area contributed by atoms with Gasteiger partial charge in [0, 0.05) is 10.8 Å². The Balaban J connectivity index is 1.42. The summed E-state index contributed by atoms with van der Waals surface area (Å²) < 4.78 is 12.0. The van der Waals surface area contributed by atoms with Crippen LogP contribution in [0.3, 0.4) is 0 Å². The van der Waals surface area contributed by atoms with E-state index in [0.29, 0.717) is 11.5 Å². The number of aromatic nitrogens is 2. The smallest absolute Gasteiger partial charge is 0.250 e. The number of methoxy groups -OCH3 is 2. The van der Waals surface area contributed by atoms with Gasteiger partial charge in [0.15, 0.2) is 20.2 Å². The van der Waals surface area contributed by atoms with E-state index in [1.807, 2.05) is 30.3 Å². The minimum atomic E-state index is -0.229. The van der Waals surface area contributed by atoms with Gasteiger partial charge in [0.2, 0.25) is 0 Å². The van der Waals surface area contributed by atoms with Crippen molar-refractivity contribution in [3.63, 3.8) is 0 Å². The van der Waals surface area contributed by atoms with Crippen LogP contribution in [0.25, 0.3) is 0 Å². The molecule has 31 heavy (non-hydrogen) atoms. The van der Waals surface area contributed by atoms with Gasteiger partial charge in [-0.15, -0.1) is 10.2 Å². The molecule has 1 amide bonds. The van der Waals surface area contributed by atoms with Crippen molar-refractivity contribution in [3.05, 3.63) is 58.6 Å². The van der Waals surface area contributed by atoms with E-state index in [1.54, 1.807) is 44.3 Å². The maximum atomic E-state index is 12.0. The fraction of sp³-hybridized carbons (Fsp3) is 0.200. The lowest BCUT2D eigenvalue weighted by Gasteiger charge is -2.07. The zero-order chi connectivity index (χ0) is 22.1. The average Bonchev–Trinajstić information content (AvgIpc) is 3.25.